The molecular weight excluding hydrogens is 236 g/mol. The number of likely N-dealkylation sites (N-methyl/N-ethyl adjacent to an activating group) is 1. The molecular formula is C16H22N2O. The molecule has 2 aliphatic rings. The summed E-state index contributed by atoms with van der Waals surface area (Å²) in [5.74, 6) is 1.04. The maximum absolute atomic E-state index is 12.7. The van der Waals surface area contributed by atoms with Gasteiger partial charge in [0.15, 0.2) is 0 Å². The summed E-state index contributed by atoms with van der Waals surface area (Å²) >= 11 is 0. The Morgan fingerprint density at radius 2 is 2.05 bits per heavy atom. The van der Waals surface area contributed by atoms with Gasteiger partial charge in [-0.1, -0.05) is 18.2 Å². The molecule has 1 amide bonds. The molecule has 1 aromatic carbocycles. The zero-order valence-corrected chi connectivity index (χ0v) is 11.7. The fraction of sp³-hybridized carbons (Fsp3) is 0.562. The lowest BCUT2D eigenvalue weighted by molar-refractivity contribution is -0.133. The van der Waals surface area contributed by atoms with Crippen molar-refractivity contribution in [3.8, 4) is 0 Å². The summed E-state index contributed by atoms with van der Waals surface area (Å²) < 4.78 is 0. The maximum Gasteiger partial charge on any atom is 0.230 e. The van der Waals surface area contributed by atoms with Crippen molar-refractivity contribution >= 4 is 11.6 Å². The third kappa shape index (κ3) is 2.34. The van der Waals surface area contributed by atoms with Gasteiger partial charge in [-0.05, 0) is 43.7 Å². The summed E-state index contributed by atoms with van der Waals surface area (Å²) in [6.07, 6.45) is 3.46. The molecule has 3 nitrogen and oxygen atoms in total. The Hall–Kier alpha value is -1.51. The van der Waals surface area contributed by atoms with E-state index in [0.717, 1.165) is 30.1 Å². The number of nitrogens with zero attached hydrogens (tertiary/aromatic N) is 1. The Morgan fingerprint density at radius 1 is 1.32 bits per heavy atom. The summed E-state index contributed by atoms with van der Waals surface area (Å²) in [7, 11) is 1.97. The lowest BCUT2D eigenvalue weighted by Crippen LogP contribution is -2.41. The molecule has 2 atom stereocenters. The van der Waals surface area contributed by atoms with Crippen LogP contribution in [0.5, 0.6) is 0 Å². The van der Waals surface area contributed by atoms with Crippen molar-refractivity contribution in [2.24, 2.45) is 5.92 Å². The van der Waals surface area contributed by atoms with Crippen molar-refractivity contribution in [3.05, 3.63) is 29.8 Å². The second-order valence-corrected chi connectivity index (χ2v) is 5.88. The van der Waals surface area contributed by atoms with E-state index in [1.54, 1.807) is 0 Å². The molecule has 1 saturated carbocycles. The van der Waals surface area contributed by atoms with Crippen LogP contribution in [0.25, 0.3) is 0 Å². The maximum atomic E-state index is 12.7. The van der Waals surface area contributed by atoms with Crippen LogP contribution in [0.15, 0.2) is 24.3 Å². The van der Waals surface area contributed by atoms with E-state index in [-0.39, 0.29) is 11.8 Å². The van der Waals surface area contributed by atoms with E-state index in [1.165, 1.54) is 12.8 Å². The first-order valence-corrected chi connectivity index (χ1v) is 7.28. The standard InChI is InChI=1S/C16H22N2O/c1-11(12-7-8-12)18(2)16(19)14-9-10-17-15-6-4-3-5-13(14)15/h3-6,11-12,14,17H,7-10H2,1-2H3. The molecule has 19 heavy (non-hydrogen) atoms. The van der Waals surface area contributed by atoms with Crippen LogP contribution in [0, 0.1) is 5.92 Å². The van der Waals surface area contributed by atoms with Crippen molar-refractivity contribution in [1.82, 2.24) is 4.90 Å². The number of para-hydroxylation sites is 1. The minimum atomic E-state index is 0.0312. The quantitative estimate of drug-likeness (QED) is 0.904. The fourth-order valence-electron chi connectivity index (χ4n) is 3.07. The van der Waals surface area contributed by atoms with Gasteiger partial charge >= 0.3 is 0 Å². The highest BCUT2D eigenvalue weighted by atomic mass is 16.2. The number of nitrogens with one attached hydrogen (secondary N) is 1. The molecule has 0 bridgehead atoms. The van der Waals surface area contributed by atoms with Gasteiger partial charge in [-0.3, -0.25) is 4.79 Å². The highest BCUT2D eigenvalue weighted by Gasteiger charge is 2.36. The Morgan fingerprint density at radius 3 is 2.79 bits per heavy atom. The number of benzene rings is 1. The molecule has 2 unspecified atom stereocenters. The van der Waals surface area contributed by atoms with Gasteiger partial charge < -0.3 is 10.2 Å². The SMILES string of the molecule is CC(C1CC1)N(C)C(=O)C1CCNc2ccccc21. The van der Waals surface area contributed by atoms with Gasteiger partial charge in [0.25, 0.3) is 0 Å². The first-order valence-electron chi connectivity index (χ1n) is 7.28. The van der Waals surface area contributed by atoms with Crippen LogP contribution in [0.4, 0.5) is 5.69 Å². The van der Waals surface area contributed by atoms with Crippen LogP contribution in [0.2, 0.25) is 0 Å². The van der Waals surface area contributed by atoms with Crippen molar-refractivity contribution < 1.29 is 4.79 Å². The van der Waals surface area contributed by atoms with Crippen LogP contribution in [0.1, 0.15) is 37.7 Å². The average molecular weight is 258 g/mol. The molecule has 3 heteroatoms. The van der Waals surface area contributed by atoms with Crippen molar-refractivity contribution in [1.29, 1.82) is 0 Å². The normalized spacial score (nSPS) is 23.2. The van der Waals surface area contributed by atoms with Crippen LogP contribution in [-0.2, 0) is 4.79 Å². The molecule has 0 aromatic heterocycles. The Bertz CT molecular complexity index is 481. The van der Waals surface area contributed by atoms with Gasteiger partial charge in [-0.15, -0.1) is 0 Å². The van der Waals surface area contributed by atoms with E-state index in [0.29, 0.717) is 6.04 Å². The van der Waals surface area contributed by atoms with Crippen molar-refractivity contribution in [3.63, 3.8) is 0 Å². The van der Waals surface area contributed by atoms with Gasteiger partial charge in [0.2, 0.25) is 5.91 Å². The summed E-state index contributed by atoms with van der Waals surface area (Å²) in [4.78, 5) is 14.7. The van der Waals surface area contributed by atoms with E-state index >= 15 is 0 Å². The number of carbonyl (C=O) groups is 1. The van der Waals surface area contributed by atoms with Gasteiger partial charge in [-0.2, -0.15) is 0 Å². The summed E-state index contributed by atoms with van der Waals surface area (Å²) in [6.45, 7) is 3.07. The number of hydrogen-bond acceptors (Lipinski definition) is 2. The van der Waals surface area contributed by atoms with Gasteiger partial charge in [-0.25, -0.2) is 0 Å². The number of anilines is 1. The molecule has 102 valence electrons. The lowest BCUT2D eigenvalue weighted by Gasteiger charge is -2.32. The molecule has 0 spiro atoms. The smallest absolute Gasteiger partial charge is 0.230 e. The molecule has 0 radical (unpaired) electrons. The third-order valence-corrected chi connectivity index (χ3v) is 4.65. The molecule has 1 aliphatic heterocycles. The molecule has 3 rings (SSSR count). The fourth-order valence-corrected chi connectivity index (χ4v) is 3.07. The van der Waals surface area contributed by atoms with Crippen LogP contribution in [0.3, 0.4) is 0 Å². The van der Waals surface area contributed by atoms with Crippen LogP contribution in [-0.4, -0.2) is 30.4 Å². The van der Waals surface area contributed by atoms with Crippen LogP contribution >= 0.6 is 0 Å². The lowest BCUT2D eigenvalue weighted by atomic mass is 9.89. The predicted octanol–water partition coefficient (Wildman–Crippen LogP) is 2.84. The van der Waals surface area contributed by atoms with E-state index in [4.69, 9.17) is 0 Å². The number of rotatable bonds is 3. The molecule has 1 fully saturated rings. The second-order valence-electron chi connectivity index (χ2n) is 5.88. The number of carbonyl (C=O) groups excluding carboxylic acids is 1. The van der Waals surface area contributed by atoms with E-state index in [2.05, 4.69) is 24.4 Å². The zero-order chi connectivity index (χ0) is 13.4. The Kier molecular flexibility index (Phi) is 3.21. The first-order chi connectivity index (χ1) is 9.18. The number of amides is 1. The molecule has 1 N–H and O–H groups in total. The molecule has 0 saturated heterocycles. The third-order valence-electron chi connectivity index (χ3n) is 4.65. The summed E-state index contributed by atoms with van der Waals surface area (Å²) in [6, 6.07) is 8.58. The van der Waals surface area contributed by atoms with Crippen molar-refractivity contribution in [2.45, 2.75) is 38.1 Å². The average Bonchev–Trinajstić information content (AvgIpc) is 3.29. The van der Waals surface area contributed by atoms with E-state index < -0.39 is 0 Å². The molecule has 1 aromatic rings. The Labute approximate surface area is 115 Å². The topological polar surface area (TPSA) is 32.3 Å². The number of hydrogen-bond donors (Lipinski definition) is 1. The summed E-state index contributed by atoms with van der Waals surface area (Å²) in [5, 5.41) is 3.38. The van der Waals surface area contributed by atoms with E-state index in [9.17, 15) is 4.79 Å². The van der Waals surface area contributed by atoms with Gasteiger partial charge in [0.05, 0.1) is 5.92 Å². The highest BCUT2D eigenvalue weighted by Crippen LogP contribution is 2.37. The Balaban J connectivity index is 1.80. The van der Waals surface area contributed by atoms with Crippen molar-refractivity contribution in [2.75, 3.05) is 18.9 Å². The highest BCUT2D eigenvalue weighted by molar-refractivity contribution is 5.86. The minimum absolute atomic E-state index is 0.0312. The largest absolute Gasteiger partial charge is 0.385 e. The monoisotopic (exact) mass is 258 g/mol. The molecule has 1 aliphatic carbocycles. The zero-order valence-electron chi connectivity index (χ0n) is 11.7. The van der Waals surface area contributed by atoms with E-state index in [1.807, 2.05) is 24.1 Å². The summed E-state index contributed by atoms with van der Waals surface area (Å²) in [5.41, 5.74) is 2.29. The minimum Gasteiger partial charge on any atom is -0.385 e. The predicted molar refractivity (Wildman–Crippen MR) is 77.2 cm³/mol. The first kappa shape index (κ1) is 12.5. The second kappa shape index (κ2) is 4.87. The van der Waals surface area contributed by atoms with Gasteiger partial charge in [0, 0.05) is 25.3 Å². The van der Waals surface area contributed by atoms with Crippen LogP contribution < -0.4 is 5.32 Å². The molecule has 1 heterocycles. The van der Waals surface area contributed by atoms with Gasteiger partial charge in [0.1, 0.15) is 0 Å². The number of fused-ring (bicyclic) bond motifs is 1.